The summed E-state index contributed by atoms with van der Waals surface area (Å²) in [6.45, 7) is 0.484. The van der Waals surface area contributed by atoms with Crippen molar-refractivity contribution in [3.05, 3.63) is 64.3 Å². The third kappa shape index (κ3) is 2.48. The number of hydrogen-bond acceptors (Lipinski definition) is 2. The van der Waals surface area contributed by atoms with Gasteiger partial charge in [0.25, 0.3) is 0 Å². The first kappa shape index (κ1) is 14.7. The largest absolute Gasteiger partial charge is 0.497 e. The molecule has 3 rings (SSSR count). The van der Waals surface area contributed by atoms with Gasteiger partial charge in [-0.25, -0.2) is 4.79 Å². The normalized spacial score (nSPS) is 10.8. The van der Waals surface area contributed by atoms with Crippen molar-refractivity contribution < 1.29 is 14.6 Å². The van der Waals surface area contributed by atoms with Gasteiger partial charge in [-0.15, -0.1) is 0 Å². The van der Waals surface area contributed by atoms with Crippen molar-refractivity contribution in [2.24, 2.45) is 0 Å². The summed E-state index contributed by atoms with van der Waals surface area (Å²) < 4.78 is 7.57. The Morgan fingerprint density at radius 3 is 2.50 bits per heavy atom. The number of para-hydroxylation sites is 1. The van der Waals surface area contributed by atoms with E-state index < -0.39 is 5.97 Å². The van der Waals surface area contributed by atoms with Gasteiger partial charge < -0.3 is 14.4 Å². The van der Waals surface area contributed by atoms with E-state index in [1.165, 1.54) is 0 Å². The highest BCUT2D eigenvalue weighted by atomic mass is 79.9. The predicted octanol–water partition coefficient (Wildman–Crippen LogP) is 4.16. The van der Waals surface area contributed by atoms with E-state index in [4.69, 9.17) is 4.74 Å². The zero-order chi connectivity index (χ0) is 15.7. The maximum atomic E-state index is 11.6. The maximum Gasteiger partial charge on any atom is 0.353 e. The minimum Gasteiger partial charge on any atom is -0.497 e. The van der Waals surface area contributed by atoms with Gasteiger partial charge in [0.2, 0.25) is 0 Å². The molecule has 3 aromatic rings. The summed E-state index contributed by atoms with van der Waals surface area (Å²) in [5.41, 5.74) is 2.16. The SMILES string of the molecule is COc1ccc(Cn2c(C(=O)O)c(Br)c3ccccc32)cc1. The van der Waals surface area contributed by atoms with Crippen molar-refractivity contribution in [1.82, 2.24) is 4.57 Å². The number of nitrogens with zero attached hydrogens (tertiary/aromatic N) is 1. The second-order valence-electron chi connectivity index (χ2n) is 4.92. The number of carboxylic acids is 1. The molecular formula is C17H14BrNO3. The lowest BCUT2D eigenvalue weighted by molar-refractivity contribution is 0.0685. The number of aromatic nitrogens is 1. The average molecular weight is 360 g/mol. The van der Waals surface area contributed by atoms with Crippen LogP contribution < -0.4 is 4.74 Å². The van der Waals surface area contributed by atoms with Crippen molar-refractivity contribution in [1.29, 1.82) is 0 Å². The van der Waals surface area contributed by atoms with Crippen molar-refractivity contribution in [2.45, 2.75) is 6.54 Å². The molecule has 1 aromatic heterocycles. The summed E-state index contributed by atoms with van der Waals surface area (Å²) in [7, 11) is 1.62. The summed E-state index contributed by atoms with van der Waals surface area (Å²) in [6.07, 6.45) is 0. The summed E-state index contributed by atoms with van der Waals surface area (Å²) in [5.74, 6) is -0.169. The minimum absolute atomic E-state index is 0.261. The van der Waals surface area contributed by atoms with Gasteiger partial charge in [-0.2, -0.15) is 0 Å². The van der Waals surface area contributed by atoms with Crippen LogP contribution in [-0.4, -0.2) is 22.8 Å². The second kappa shape index (κ2) is 5.85. The van der Waals surface area contributed by atoms with Crippen molar-refractivity contribution in [3.63, 3.8) is 0 Å². The molecule has 0 aliphatic heterocycles. The van der Waals surface area contributed by atoms with Crippen molar-refractivity contribution in [2.75, 3.05) is 7.11 Å². The average Bonchev–Trinajstić information content (AvgIpc) is 2.81. The number of carboxylic acid groups (broad SMARTS) is 1. The molecular weight excluding hydrogens is 346 g/mol. The Bertz CT molecular complexity index is 837. The number of halogens is 1. The van der Waals surface area contributed by atoms with Crippen LogP contribution in [0.5, 0.6) is 5.75 Å². The number of rotatable bonds is 4. The van der Waals surface area contributed by atoms with E-state index in [1.807, 2.05) is 53.1 Å². The van der Waals surface area contributed by atoms with Gasteiger partial charge in [-0.1, -0.05) is 30.3 Å². The quantitative estimate of drug-likeness (QED) is 0.760. The Hall–Kier alpha value is -2.27. The zero-order valence-corrected chi connectivity index (χ0v) is 13.5. The third-order valence-corrected chi connectivity index (χ3v) is 4.41. The number of aromatic carboxylic acids is 1. The van der Waals surface area contributed by atoms with E-state index in [1.54, 1.807) is 7.11 Å². The third-order valence-electron chi connectivity index (χ3n) is 3.61. The summed E-state index contributed by atoms with van der Waals surface area (Å²) in [4.78, 5) is 11.6. The van der Waals surface area contributed by atoms with Crippen LogP contribution >= 0.6 is 15.9 Å². The molecule has 5 heteroatoms. The standard InChI is InChI=1S/C17H14BrNO3/c1-22-12-8-6-11(7-9-12)10-19-14-5-3-2-4-13(14)15(18)16(19)17(20)21/h2-9H,10H2,1H3,(H,20,21). The second-order valence-corrected chi connectivity index (χ2v) is 5.71. The van der Waals surface area contributed by atoms with E-state index in [0.29, 0.717) is 11.0 Å². The number of fused-ring (bicyclic) bond motifs is 1. The van der Waals surface area contributed by atoms with E-state index in [0.717, 1.165) is 22.2 Å². The van der Waals surface area contributed by atoms with E-state index in [-0.39, 0.29) is 5.69 Å². The first-order valence-corrected chi connectivity index (χ1v) is 7.54. The van der Waals surface area contributed by atoms with E-state index >= 15 is 0 Å². The van der Waals surface area contributed by atoms with Gasteiger partial charge in [0.15, 0.2) is 0 Å². The fraction of sp³-hybridized carbons (Fsp3) is 0.118. The monoisotopic (exact) mass is 359 g/mol. The Labute approximate surface area is 136 Å². The van der Waals surface area contributed by atoms with Crippen LogP contribution in [0.2, 0.25) is 0 Å². The number of hydrogen-bond donors (Lipinski definition) is 1. The van der Waals surface area contributed by atoms with Crippen LogP contribution in [0.1, 0.15) is 16.1 Å². The van der Waals surface area contributed by atoms with E-state index in [9.17, 15) is 9.90 Å². The lowest BCUT2D eigenvalue weighted by Gasteiger charge is -2.09. The molecule has 0 amide bonds. The van der Waals surface area contributed by atoms with Crippen molar-refractivity contribution in [3.8, 4) is 5.75 Å². The van der Waals surface area contributed by atoms with Gasteiger partial charge in [0, 0.05) is 11.9 Å². The molecule has 0 unspecified atom stereocenters. The van der Waals surface area contributed by atoms with Gasteiger partial charge in [0.1, 0.15) is 11.4 Å². The van der Waals surface area contributed by atoms with Gasteiger partial charge in [-0.05, 0) is 39.7 Å². The van der Waals surface area contributed by atoms with Gasteiger partial charge >= 0.3 is 5.97 Å². The number of benzene rings is 2. The molecule has 0 aliphatic carbocycles. The highest BCUT2D eigenvalue weighted by molar-refractivity contribution is 9.10. The summed E-state index contributed by atoms with van der Waals surface area (Å²) in [5, 5.41) is 10.4. The van der Waals surface area contributed by atoms with Gasteiger partial charge in [-0.3, -0.25) is 0 Å². The van der Waals surface area contributed by atoms with Crippen LogP contribution in [0.15, 0.2) is 53.0 Å². The Morgan fingerprint density at radius 2 is 1.86 bits per heavy atom. The van der Waals surface area contributed by atoms with Crippen LogP contribution in [0.4, 0.5) is 0 Å². The minimum atomic E-state index is -0.948. The molecule has 2 aromatic carbocycles. The number of carbonyl (C=O) groups is 1. The van der Waals surface area contributed by atoms with Crippen LogP contribution in [0.25, 0.3) is 10.9 Å². The fourth-order valence-corrected chi connectivity index (χ4v) is 3.27. The zero-order valence-electron chi connectivity index (χ0n) is 11.9. The van der Waals surface area contributed by atoms with Gasteiger partial charge in [0.05, 0.1) is 17.1 Å². The highest BCUT2D eigenvalue weighted by Crippen LogP contribution is 2.31. The predicted molar refractivity (Wildman–Crippen MR) is 88.7 cm³/mol. The molecule has 1 N–H and O–H groups in total. The van der Waals surface area contributed by atoms with E-state index in [2.05, 4.69) is 15.9 Å². The van der Waals surface area contributed by atoms with Crippen LogP contribution in [0, 0.1) is 0 Å². The van der Waals surface area contributed by atoms with Crippen LogP contribution in [0.3, 0.4) is 0 Å². The van der Waals surface area contributed by atoms with Crippen LogP contribution in [-0.2, 0) is 6.54 Å². The molecule has 0 fully saturated rings. The summed E-state index contributed by atoms with van der Waals surface area (Å²) >= 11 is 3.42. The molecule has 0 spiro atoms. The lowest BCUT2D eigenvalue weighted by Crippen LogP contribution is -2.10. The molecule has 1 heterocycles. The highest BCUT2D eigenvalue weighted by Gasteiger charge is 2.20. The maximum absolute atomic E-state index is 11.6. The topological polar surface area (TPSA) is 51.5 Å². The fourth-order valence-electron chi connectivity index (χ4n) is 2.55. The first-order chi connectivity index (χ1) is 10.6. The lowest BCUT2D eigenvalue weighted by atomic mass is 10.2. The molecule has 0 saturated heterocycles. The smallest absolute Gasteiger partial charge is 0.353 e. The molecule has 22 heavy (non-hydrogen) atoms. The molecule has 0 radical (unpaired) electrons. The Balaban J connectivity index is 2.12. The first-order valence-electron chi connectivity index (χ1n) is 6.74. The van der Waals surface area contributed by atoms with Crippen molar-refractivity contribution >= 4 is 32.8 Å². The molecule has 0 bridgehead atoms. The molecule has 0 atom stereocenters. The molecule has 112 valence electrons. The molecule has 0 saturated carbocycles. The molecule has 0 aliphatic rings. The Kier molecular flexibility index (Phi) is 3.90. The Morgan fingerprint density at radius 1 is 1.18 bits per heavy atom. The number of methoxy groups -OCH3 is 1. The number of ether oxygens (including phenoxy) is 1. The summed E-state index contributed by atoms with van der Waals surface area (Å²) in [6, 6.07) is 15.3. The molecule has 4 nitrogen and oxygen atoms in total.